The third-order valence-corrected chi connectivity index (χ3v) is 6.07. The highest BCUT2D eigenvalue weighted by Crippen LogP contribution is 2.57. The lowest BCUT2D eigenvalue weighted by Gasteiger charge is -2.45. The fourth-order valence-electron chi connectivity index (χ4n) is 4.67. The quantitative estimate of drug-likeness (QED) is 0.680. The monoisotopic (exact) mass is 362 g/mol. The number of allylic oxidation sites excluding steroid dienone is 1. The highest BCUT2D eigenvalue weighted by Gasteiger charge is 2.57. The molecule has 0 N–H and O–H groups in total. The van der Waals surface area contributed by atoms with Gasteiger partial charge in [0.15, 0.2) is 0 Å². The molecule has 0 amide bonds. The molecule has 3 aliphatic heterocycles. The van der Waals surface area contributed by atoms with Crippen molar-refractivity contribution in [2.75, 3.05) is 6.61 Å². The summed E-state index contributed by atoms with van der Waals surface area (Å²) in [5, 5.41) is 0. The molecule has 1 fully saturated rings. The molecule has 0 saturated carbocycles. The molecule has 0 aromatic heterocycles. The van der Waals surface area contributed by atoms with Gasteiger partial charge in [0.1, 0.15) is 11.9 Å². The second-order valence-corrected chi connectivity index (χ2v) is 7.89. The van der Waals surface area contributed by atoms with Crippen molar-refractivity contribution in [1.82, 2.24) is 0 Å². The van der Waals surface area contributed by atoms with Crippen LogP contribution in [0.3, 0.4) is 0 Å². The van der Waals surface area contributed by atoms with Crippen molar-refractivity contribution in [2.45, 2.75) is 51.4 Å². The Morgan fingerprint density at radius 3 is 2.78 bits per heavy atom. The minimum absolute atomic E-state index is 0.00870. The van der Waals surface area contributed by atoms with Crippen molar-refractivity contribution in [3.63, 3.8) is 0 Å². The Bertz CT molecular complexity index is 883. The number of aryl methyl sites for hydroxylation is 1. The van der Waals surface area contributed by atoms with Crippen molar-refractivity contribution in [1.29, 1.82) is 0 Å². The zero-order valence-corrected chi connectivity index (χ0v) is 16.0. The predicted molar refractivity (Wildman–Crippen MR) is 105 cm³/mol. The van der Waals surface area contributed by atoms with Crippen LogP contribution in [0.4, 0.5) is 0 Å². The average molecular weight is 362 g/mol. The van der Waals surface area contributed by atoms with Crippen LogP contribution in [0.1, 0.15) is 61.0 Å². The maximum Gasteiger partial charge on any atom is 0.244 e. The molecular weight excluding hydrogens is 336 g/mol. The molecule has 3 atom stereocenters. The van der Waals surface area contributed by atoms with Crippen molar-refractivity contribution in [2.24, 2.45) is 5.92 Å². The molecule has 3 nitrogen and oxygen atoms in total. The van der Waals surface area contributed by atoms with Gasteiger partial charge in [-0.05, 0) is 37.5 Å². The SMILES string of the molecule is CCCCC1=Cc2cccc3c2[C@@H](O1)[C@H]1CCO[C@@]1(c1ccc(C)cc1)O3. The maximum atomic E-state index is 6.60. The molecule has 27 heavy (non-hydrogen) atoms. The fourth-order valence-corrected chi connectivity index (χ4v) is 4.67. The van der Waals surface area contributed by atoms with E-state index < -0.39 is 5.79 Å². The van der Waals surface area contributed by atoms with Gasteiger partial charge in [-0.3, -0.25) is 0 Å². The van der Waals surface area contributed by atoms with E-state index in [1.807, 2.05) is 6.07 Å². The van der Waals surface area contributed by atoms with Gasteiger partial charge in [-0.1, -0.05) is 55.3 Å². The molecule has 2 aromatic rings. The molecule has 2 aromatic carbocycles. The first-order valence-corrected chi connectivity index (χ1v) is 10.1. The van der Waals surface area contributed by atoms with Gasteiger partial charge in [0.25, 0.3) is 0 Å². The van der Waals surface area contributed by atoms with Crippen molar-refractivity contribution in [3.8, 4) is 5.75 Å². The first kappa shape index (κ1) is 16.9. The molecule has 0 bridgehead atoms. The lowest BCUT2D eigenvalue weighted by atomic mass is 9.78. The summed E-state index contributed by atoms with van der Waals surface area (Å²) >= 11 is 0. The normalized spacial score (nSPS) is 27.9. The molecule has 0 unspecified atom stereocenters. The van der Waals surface area contributed by atoms with E-state index in [4.69, 9.17) is 14.2 Å². The van der Waals surface area contributed by atoms with Crippen molar-refractivity contribution >= 4 is 6.08 Å². The van der Waals surface area contributed by atoms with Gasteiger partial charge in [0.05, 0.1) is 18.3 Å². The molecule has 5 rings (SSSR count). The van der Waals surface area contributed by atoms with Crippen LogP contribution in [-0.2, 0) is 15.3 Å². The van der Waals surface area contributed by atoms with Crippen LogP contribution in [0.2, 0.25) is 0 Å². The summed E-state index contributed by atoms with van der Waals surface area (Å²) < 4.78 is 19.5. The van der Waals surface area contributed by atoms with Crippen LogP contribution < -0.4 is 4.74 Å². The molecular formula is C24H26O3. The van der Waals surface area contributed by atoms with Crippen LogP contribution in [0, 0.1) is 12.8 Å². The number of unbranched alkanes of at least 4 members (excludes halogenated alkanes) is 1. The highest BCUT2D eigenvalue weighted by atomic mass is 16.7. The predicted octanol–water partition coefficient (Wildman–Crippen LogP) is 5.88. The molecule has 3 heteroatoms. The minimum atomic E-state index is -0.753. The fraction of sp³-hybridized carbons (Fsp3) is 0.417. The third-order valence-electron chi connectivity index (χ3n) is 6.07. The zero-order chi connectivity index (χ0) is 18.4. The Morgan fingerprint density at radius 1 is 1.11 bits per heavy atom. The van der Waals surface area contributed by atoms with E-state index in [9.17, 15) is 0 Å². The maximum absolute atomic E-state index is 6.60. The summed E-state index contributed by atoms with van der Waals surface area (Å²) in [7, 11) is 0. The van der Waals surface area contributed by atoms with E-state index in [2.05, 4.69) is 56.3 Å². The van der Waals surface area contributed by atoms with Crippen LogP contribution >= 0.6 is 0 Å². The summed E-state index contributed by atoms with van der Waals surface area (Å²) in [6.07, 6.45) is 6.43. The Labute approximate surface area is 161 Å². The number of fused-ring (bicyclic) bond motifs is 2. The van der Waals surface area contributed by atoms with Gasteiger partial charge in [0, 0.05) is 17.5 Å². The van der Waals surface area contributed by atoms with E-state index in [1.165, 1.54) is 23.1 Å². The van der Waals surface area contributed by atoms with Gasteiger partial charge < -0.3 is 14.2 Å². The summed E-state index contributed by atoms with van der Waals surface area (Å²) in [5.41, 5.74) is 4.75. The van der Waals surface area contributed by atoms with Gasteiger partial charge in [-0.25, -0.2) is 0 Å². The van der Waals surface area contributed by atoms with Crippen LogP contribution in [0.15, 0.2) is 48.2 Å². The number of hydrogen-bond donors (Lipinski definition) is 0. The third kappa shape index (κ3) is 2.60. The van der Waals surface area contributed by atoms with Gasteiger partial charge >= 0.3 is 0 Å². The molecule has 0 spiro atoms. The molecule has 1 saturated heterocycles. The molecule has 140 valence electrons. The first-order chi connectivity index (χ1) is 13.2. The average Bonchev–Trinajstić information content (AvgIpc) is 3.12. The van der Waals surface area contributed by atoms with Crippen molar-refractivity contribution < 1.29 is 14.2 Å². The first-order valence-electron chi connectivity index (χ1n) is 10.1. The molecule has 0 radical (unpaired) electrons. The van der Waals surface area contributed by atoms with Gasteiger partial charge in [-0.2, -0.15) is 0 Å². The van der Waals surface area contributed by atoms with E-state index in [-0.39, 0.29) is 12.0 Å². The number of ether oxygens (including phenoxy) is 3. The smallest absolute Gasteiger partial charge is 0.244 e. The summed E-state index contributed by atoms with van der Waals surface area (Å²) in [6, 6.07) is 14.8. The largest absolute Gasteiger partial charge is 0.489 e. The lowest BCUT2D eigenvalue weighted by Crippen LogP contribution is -2.46. The molecule has 3 heterocycles. The Balaban J connectivity index is 1.61. The second kappa shape index (κ2) is 6.42. The standard InChI is InChI=1S/C24H26O3/c1-3-4-7-19-15-17-6-5-8-21-22(17)23(26-19)20-13-14-25-24(20,27-21)18-11-9-16(2)10-12-18/h5-6,8-12,15,20,23H,3-4,7,13-14H2,1-2H3/t20-,23+,24+/m1/s1. The van der Waals surface area contributed by atoms with E-state index in [1.54, 1.807) is 0 Å². The Hall–Kier alpha value is -2.26. The van der Waals surface area contributed by atoms with E-state index in [0.29, 0.717) is 6.61 Å². The molecule has 0 aliphatic carbocycles. The van der Waals surface area contributed by atoms with Crippen LogP contribution in [0.25, 0.3) is 6.08 Å². The highest BCUT2D eigenvalue weighted by molar-refractivity contribution is 5.63. The zero-order valence-electron chi connectivity index (χ0n) is 16.0. The lowest BCUT2D eigenvalue weighted by molar-refractivity contribution is -0.215. The van der Waals surface area contributed by atoms with Gasteiger partial charge in [0.2, 0.25) is 5.79 Å². The summed E-state index contributed by atoms with van der Waals surface area (Å²) in [4.78, 5) is 0. The minimum Gasteiger partial charge on any atom is -0.489 e. The summed E-state index contributed by atoms with van der Waals surface area (Å²) in [5.74, 6) is 1.39. The van der Waals surface area contributed by atoms with Crippen LogP contribution in [0.5, 0.6) is 5.75 Å². The topological polar surface area (TPSA) is 27.7 Å². The molecule has 3 aliphatic rings. The number of benzene rings is 2. The van der Waals surface area contributed by atoms with Crippen molar-refractivity contribution in [3.05, 3.63) is 70.5 Å². The number of hydrogen-bond acceptors (Lipinski definition) is 3. The Kier molecular flexibility index (Phi) is 4.01. The second-order valence-electron chi connectivity index (χ2n) is 7.89. The van der Waals surface area contributed by atoms with Gasteiger partial charge in [-0.15, -0.1) is 0 Å². The summed E-state index contributed by atoms with van der Waals surface area (Å²) in [6.45, 7) is 5.01. The number of rotatable bonds is 4. The van der Waals surface area contributed by atoms with E-state index >= 15 is 0 Å². The van der Waals surface area contributed by atoms with Crippen LogP contribution in [-0.4, -0.2) is 6.61 Å². The Morgan fingerprint density at radius 2 is 1.96 bits per heavy atom. The van der Waals surface area contributed by atoms with E-state index in [0.717, 1.165) is 36.3 Å².